The monoisotopic (exact) mass is 265 g/mol. The summed E-state index contributed by atoms with van der Waals surface area (Å²) in [4.78, 5) is 4.54. The molecule has 0 aliphatic rings. The van der Waals surface area contributed by atoms with Gasteiger partial charge in [0.1, 0.15) is 0 Å². The van der Waals surface area contributed by atoms with Crippen LogP contribution in [0.1, 0.15) is 59.2 Å². The minimum atomic E-state index is -0.0483. The minimum absolute atomic E-state index is 0.0151. The van der Waals surface area contributed by atoms with Crippen molar-refractivity contribution in [3.05, 3.63) is 23.4 Å². The second-order valence-corrected chi connectivity index (χ2v) is 7.27. The molecule has 1 aromatic rings. The van der Waals surface area contributed by atoms with Gasteiger partial charge in [0, 0.05) is 11.5 Å². The third kappa shape index (κ3) is 5.60. The average Bonchev–Trinajstić information content (AvgIpc) is 2.25. The largest absolute Gasteiger partial charge is 0.478 e. The zero-order chi connectivity index (χ0) is 14.7. The van der Waals surface area contributed by atoms with Crippen LogP contribution in [0.25, 0.3) is 0 Å². The van der Waals surface area contributed by atoms with Crippen LogP contribution in [-0.4, -0.2) is 16.7 Å². The van der Waals surface area contributed by atoms with Gasteiger partial charge in [-0.2, -0.15) is 0 Å². The van der Waals surface area contributed by atoms with Crippen molar-refractivity contribution in [3.63, 3.8) is 0 Å². The summed E-state index contributed by atoms with van der Waals surface area (Å²) in [6, 6.07) is 3.76. The molecule has 0 bridgehead atoms. The van der Waals surface area contributed by atoms with Crippen molar-refractivity contribution in [2.45, 2.75) is 60.0 Å². The molecule has 0 unspecified atom stereocenters. The maximum Gasteiger partial charge on any atom is 0.213 e. The van der Waals surface area contributed by atoms with E-state index < -0.39 is 0 Å². The maximum absolute atomic E-state index is 9.32. The van der Waals surface area contributed by atoms with Gasteiger partial charge >= 0.3 is 0 Å². The first-order valence-electron chi connectivity index (χ1n) is 6.87. The fourth-order valence-corrected chi connectivity index (χ4v) is 1.57. The van der Waals surface area contributed by atoms with Crippen LogP contribution in [-0.2, 0) is 12.0 Å². The smallest absolute Gasteiger partial charge is 0.213 e. The molecule has 1 aromatic heterocycles. The zero-order valence-corrected chi connectivity index (χ0v) is 13.1. The standard InChI is InChI=1S/C16H27NO2/c1-15(2,3)7-8-19-14-10-12(11-18)9-13(17-14)16(4,5)6/h9-10,18H,7-8,11H2,1-6H3. The van der Waals surface area contributed by atoms with Crippen LogP contribution in [0.5, 0.6) is 5.88 Å². The van der Waals surface area contributed by atoms with Crippen molar-refractivity contribution in [2.75, 3.05) is 6.61 Å². The van der Waals surface area contributed by atoms with Crippen LogP contribution in [0, 0.1) is 5.41 Å². The van der Waals surface area contributed by atoms with Gasteiger partial charge in [0.2, 0.25) is 5.88 Å². The molecule has 0 radical (unpaired) electrons. The molecule has 0 spiro atoms. The number of ether oxygens (including phenoxy) is 1. The summed E-state index contributed by atoms with van der Waals surface area (Å²) in [6.45, 7) is 13.5. The number of hydrogen-bond donors (Lipinski definition) is 1. The number of aliphatic hydroxyl groups is 1. The van der Waals surface area contributed by atoms with Crippen LogP contribution in [0.15, 0.2) is 12.1 Å². The van der Waals surface area contributed by atoms with E-state index in [9.17, 15) is 5.11 Å². The van der Waals surface area contributed by atoms with Crippen LogP contribution in [0.2, 0.25) is 0 Å². The Labute approximate surface area is 117 Å². The van der Waals surface area contributed by atoms with E-state index in [1.165, 1.54) is 0 Å². The quantitative estimate of drug-likeness (QED) is 0.903. The normalized spacial score (nSPS) is 12.6. The first kappa shape index (κ1) is 16.0. The van der Waals surface area contributed by atoms with E-state index in [0.29, 0.717) is 12.5 Å². The fraction of sp³-hybridized carbons (Fsp3) is 0.688. The Hall–Kier alpha value is -1.09. The fourth-order valence-electron chi connectivity index (χ4n) is 1.57. The topological polar surface area (TPSA) is 42.4 Å². The lowest BCUT2D eigenvalue weighted by Gasteiger charge is -2.21. The average molecular weight is 265 g/mol. The Morgan fingerprint density at radius 3 is 2.21 bits per heavy atom. The lowest BCUT2D eigenvalue weighted by atomic mass is 9.91. The van der Waals surface area contributed by atoms with Crippen molar-refractivity contribution in [1.29, 1.82) is 0 Å². The maximum atomic E-state index is 9.32. The molecule has 3 heteroatoms. The van der Waals surface area contributed by atoms with Crippen LogP contribution in [0.3, 0.4) is 0 Å². The number of pyridine rings is 1. The molecule has 0 saturated heterocycles. The molecule has 1 rings (SSSR count). The highest BCUT2D eigenvalue weighted by Gasteiger charge is 2.18. The second-order valence-electron chi connectivity index (χ2n) is 7.27. The molecule has 0 aliphatic carbocycles. The summed E-state index contributed by atoms with van der Waals surface area (Å²) >= 11 is 0. The third-order valence-electron chi connectivity index (χ3n) is 2.91. The predicted molar refractivity (Wildman–Crippen MR) is 78.4 cm³/mol. The predicted octanol–water partition coefficient (Wildman–Crippen LogP) is 3.69. The molecule has 0 fully saturated rings. The van der Waals surface area contributed by atoms with E-state index in [-0.39, 0.29) is 17.4 Å². The SMILES string of the molecule is CC(C)(C)CCOc1cc(CO)cc(C(C)(C)C)n1. The van der Waals surface area contributed by atoms with E-state index in [1.807, 2.05) is 12.1 Å². The van der Waals surface area contributed by atoms with Gasteiger partial charge in [-0.1, -0.05) is 41.5 Å². The summed E-state index contributed by atoms with van der Waals surface area (Å²) in [7, 11) is 0. The molecule has 1 N–H and O–H groups in total. The van der Waals surface area contributed by atoms with Crippen LogP contribution < -0.4 is 4.74 Å². The van der Waals surface area contributed by atoms with E-state index in [2.05, 4.69) is 46.5 Å². The third-order valence-corrected chi connectivity index (χ3v) is 2.91. The van der Waals surface area contributed by atoms with Crippen molar-refractivity contribution in [2.24, 2.45) is 5.41 Å². The molecular weight excluding hydrogens is 238 g/mol. The minimum Gasteiger partial charge on any atom is -0.478 e. The van der Waals surface area contributed by atoms with Gasteiger partial charge in [0.25, 0.3) is 0 Å². The highest BCUT2D eigenvalue weighted by molar-refractivity contribution is 5.28. The molecule has 0 aliphatic heterocycles. The molecule has 0 atom stereocenters. The Morgan fingerprint density at radius 2 is 1.74 bits per heavy atom. The van der Waals surface area contributed by atoms with Crippen molar-refractivity contribution in [3.8, 4) is 5.88 Å². The molecule has 0 saturated carbocycles. The molecule has 19 heavy (non-hydrogen) atoms. The molecule has 0 aromatic carbocycles. The zero-order valence-electron chi connectivity index (χ0n) is 13.1. The Balaban J connectivity index is 2.83. The van der Waals surface area contributed by atoms with Gasteiger partial charge < -0.3 is 9.84 Å². The van der Waals surface area contributed by atoms with Crippen LogP contribution >= 0.6 is 0 Å². The summed E-state index contributed by atoms with van der Waals surface area (Å²) in [5, 5.41) is 9.32. The van der Waals surface area contributed by atoms with Crippen molar-refractivity contribution in [1.82, 2.24) is 4.98 Å². The number of hydrogen-bond acceptors (Lipinski definition) is 3. The highest BCUT2D eigenvalue weighted by atomic mass is 16.5. The van der Waals surface area contributed by atoms with Gasteiger partial charge in [-0.3, -0.25) is 0 Å². The van der Waals surface area contributed by atoms with E-state index >= 15 is 0 Å². The second kappa shape index (κ2) is 5.91. The lowest BCUT2D eigenvalue weighted by Crippen LogP contribution is -2.16. The highest BCUT2D eigenvalue weighted by Crippen LogP contribution is 2.25. The van der Waals surface area contributed by atoms with Crippen LogP contribution in [0.4, 0.5) is 0 Å². The Morgan fingerprint density at radius 1 is 1.11 bits per heavy atom. The first-order chi connectivity index (χ1) is 8.62. The van der Waals surface area contributed by atoms with Gasteiger partial charge in [-0.25, -0.2) is 4.98 Å². The summed E-state index contributed by atoms with van der Waals surface area (Å²) < 4.78 is 5.74. The van der Waals surface area contributed by atoms with E-state index in [4.69, 9.17) is 4.74 Å². The molecule has 1 heterocycles. The molecular formula is C16H27NO2. The van der Waals surface area contributed by atoms with Gasteiger partial charge in [-0.05, 0) is 23.5 Å². The van der Waals surface area contributed by atoms with E-state index in [1.54, 1.807) is 0 Å². The summed E-state index contributed by atoms with van der Waals surface area (Å²) in [5.41, 5.74) is 2.00. The molecule has 108 valence electrons. The number of aliphatic hydroxyl groups excluding tert-OH is 1. The number of rotatable bonds is 4. The number of nitrogens with zero attached hydrogens (tertiary/aromatic N) is 1. The summed E-state index contributed by atoms with van der Waals surface area (Å²) in [5.74, 6) is 0.612. The summed E-state index contributed by atoms with van der Waals surface area (Å²) in [6.07, 6.45) is 0.975. The first-order valence-corrected chi connectivity index (χ1v) is 6.87. The Bertz CT molecular complexity index is 414. The van der Waals surface area contributed by atoms with E-state index in [0.717, 1.165) is 17.7 Å². The Kier molecular flexibility index (Phi) is 4.97. The molecule has 0 amide bonds. The molecule has 3 nitrogen and oxygen atoms in total. The van der Waals surface area contributed by atoms with Crippen molar-refractivity contribution >= 4 is 0 Å². The van der Waals surface area contributed by atoms with Gasteiger partial charge in [0.15, 0.2) is 0 Å². The number of aromatic nitrogens is 1. The lowest BCUT2D eigenvalue weighted by molar-refractivity contribution is 0.233. The van der Waals surface area contributed by atoms with Gasteiger partial charge in [0.05, 0.1) is 18.9 Å². The van der Waals surface area contributed by atoms with Gasteiger partial charge in [-0.15, -0.1) is 0 Å². The van der Waals surface area contributed by atoms with Crippen molar-refractivity contribution < 1.29 is 9.84 Å².